The Hall–Kier alpha value is -2.69. The summed E-state index contributed by atoms with van der Waals surface area (Å²) in [7, 11) is 0. The van der Waals surface area contributed by atoms with Gasteiger partial charge in [-0.25, -0.2) is 4.79 Å². The summed E-state index contributed by atoms with van der Waals surface area (Å²) in [5, 5.41) is 6.04. The first-order chi connectivity index (χ1) is 11.7. The summed E-state index contributed by atoms with van der Waals surface area (Å²) < 4.78 is 4.86. The van der Waals surface area contributed by atoms with Gasteiger partial charge in [0.1, 0.15) is 0 Å². The maximum Gasteiger partial charge on any atom is 0.411 e. The number of benzene rings is 2. The molecule has 2 N–H and O–H groups in total. The molecule has 1 amide bonds. The molecular weight excluding hydrogens is 302 g/mol. The Morgan fingerprint density at radius 3 is 2.08 bits per heavy atom. The molecule has 0 unspecified atom stereocenters. The molecule has 1 saturated heterocycles. The van der Waals surface area contributed by atoms with Crippen molar-refractivity contribution in [2.75, 3.05) is 35.2 Å². The fraction of sp³-hybridized carbons (Fsp3) is 0.316. The van der Waals surface area contributed by atoms with Crippen LogP contribution in [0.3, 0.4) is 0 Å². The van der Waals surface area contributed by atoms with Gasteiger partial charge in [0.05, 0.1) is 6.61 Å². The zero-order chi connectivity index (χ0) is 16.8. The van der Waals surface area contributed by atoms with Crippen molar-refractivity contribution in [1.82, 2.24) is 0 Å². The van der Waals surface area contributed by atoms with Crippen molar-refractivity contribution in [3.8, 4) is 0 Å². The SMILES string of the molecule is CCOC(=O)Nc1ccc(Nc2ccc(N3CCCC3)cc2)cc1. The summed E-state index contributed by atoms with van der Waals surface area (Å²) in [6.45, 7) is 4.45. The highest BCUT2D eigenvalue weighted by Crippen LogP contribution is 2.24. The predicted octanol–water partition coefficient (Wildman–Crippen LogP) is 4.60. The predicted molar refractivity (Wildman–Crippen MR) is 98.3 cm³/mol. The first-order valence-corrected chi connectivity index (χ1v) is 8.40. The molecule has 2 aromatic rings. The Labute approximate surface area is 142 Å². The highest BCUT2D eigenvalue weighted by Gasteiger charge is 2.11. The monoisotopic (exact) mass is 325 g/mol. The van der Waals surface area contributed by atoms with Crippen LogP contribution in [0.2, 0.25) is 0 Å². The average Bonchev–Trinajstić information content (AvgIpc) is 3.12. The third-order valence-corrected chi connectivity index (χ3v) is 4.03. The van der Waals surface area contributed by atoms with E-state index in [0.29, 0.717) is 12.3 Å². The topological polar surface area (TPSA) is 53.6 Å². The Morgan fingerprint density at radius 2 is 1.50 bits per heavy atom. The molecule has 0 radical (unpaired) electrons. The van der Waals surface area contributed by atoms with Crippen LogP contribution in [0.25, 0.3) is 0 Å². The highest BCUT2D eigenvalue weighted by molar-refractivity contribution is 5.85. The molecule has 0 bridgehead atoms. The molecule has 126 valence electrons. The number of rotatable bonds is 5. The smallest absolute Gasteiger partial charge is 0.411 e. The Balaban J connectivity index is 1.58. The van der Waals surface area contributed by atoms with Crippen LogP contribution in [0.15, 0.2) is 48.5 Å². The van der Waals surface area contributed by atoms with Gasteiger partial charge >= 0.3 is 6.09 Å². The van der Waals surface area contributed by atoms with Gasteiger partial charge in [0.15, 0.2) is 0 Å². The van der Waals surface area contributed by atoms with Gasteiger partial charge in [-0.2, -0.15) is 0 Å². The largest absolute Gasteiger partial charge is 0.450 e. The van der Waals surface area contributed by atoms with Crippen LogP contribution < -0.4 is 15.5 Å². The average molecular weight is 325 g/mol. The maximum atomic E-state index is 11.4. The van der Waals surface area contributed by atoms with Crippen molar-refractivity contribution in [2.24, 2.45) is 0 Å². The molecule has 0 atom stereocenters. The quantitative estimate of drug-likeness (QED) is 0.843. The summed E-state index contributed by atoms with van der Waals surface area (Å²) in [5.41, 5.74) is 4.01. The van der Waals surface area contributed by atoms with Gasteiger partial charge in [0.25, 0.3) is 0 Å². The van der Waals surface area contributed by atoms with Gasteiger partial charge in [-0.05, 0) is 68.3 Å². The molecule has 24 heavy (non-hydrogen) atoms. The summed E-state index contributed by atoms with van der Waals surface area (Å²) >= 11 is 0. The van der Waals surface area contributed by atoms with E-state index in [1.54, 1.807) is 6.92 Å². The molecule has 2 aromatic carbocycles. The number of ether oxygens (including phenoxy) is 1. The fourth-order valence-corrected chi connectivity index (χ4v) is 2.82. The van der Waals surface area contributed by atoms with E-state index in [2.05, 4.69) is 39.8 Å². The van der Waals surface area contributed by atoms with Crippen LogP contribution in [0.5, 0.6) is 0 Å². The Morgan fingerprint density at radius 1 is 0.958 bits per heavy atom. The molecule has 0 aliphatic carbocycles. The number of nitrogens with one attached hydrogen (secondary N) is 2. The van der Waals surface area contributed by atoms with Crippen LogP contribution in [-0.2, 0) is 4.74 Å². The number of hydrogen-bond acceptors (Lipinski definition) is 4. The van der Waals surface area contributed by atoms with Crippen LogP contribution in [0.1, 0.15) is 19.8 Å². The molecule has 0 spiro atoms. The second kappa shape index (κ2) is 7.73. The standard InChI is InChI=1S/C19H23N3O2/c1-2-24-19(23)21-17-7-5-15(6-8-17)20-16-9-11-18(12-10-16)22-13-3-4-14-22/h5-12,20H,2-4,13-14H2,1H3,(H,21,23). The molecule has 1 aliphatic rings. The van der Waals surface area contributed by atoms with Crippen molar-refractivity contribution in [3.05, 3.63) is 48.5 Å². The maximum absolute atomic E-state index is 11.4. The minimum absolute atomic E-state index is 0.360. The number of carbonyl (C=O) groups excluding carboxylic acids is 1. The second-order valence-electron chi connectivity index (χ2n) is 5.79. The van der Waals surface area contributed by atoms with Gasteiger partial charge < -0.3 is 15.0 Å². The lowest BCUT2D eigenvalue weighted by Gasteiger charge is -2.18. The fourth-order valence-electron chi connectivity index (χ4n) is 2.82. The van der Waals surface area contributed by atoms with E-state index in [1.807, 2.05) is 24.3 Å². The van der Waals surface area contributed by atoms with E-state index in [-0.39, 0.29) is 0 Å². The molecule has 5 heteroatoms. The normalized spacial score (nSPS) is 13.6. The molecule has 5 nitrogen and oxygen atoms in total. The second-order valence-corrected chi connectivity index (χ2v) is 5.79. The molecule has 1 fully saturated rings. The third-order valence-electron chi connectivity index (χ3n) is 4.03. The van der Waals surface area contributed by atoms with Crippen molar-refractivity contribution < 1.29 is 9.53 Å². The van der Waals surface area contributed by atoms with Crippen molar-refractivity contribution in [1.29, 1.82) is 0 Å². The molecule has 1 aliphatic heterocycles. The van der Waals surface area contributed by atoms with E-state index in [1.165, 1.54) is 18.5 Å². The number of anilines is 4. The summed E-state index contributed by atoms with van der Waals surface area (Å²) in [4.78, 5) is 13.8. The minimum atomic E-state index is -0.435. The van der Waals surface area contributed by atoms with Crippen molar-refractivity contribution >= 4 is 28.8 Å². The van der Waals surface area contributed by atoms with Crippen molar-refractivity contribution in [3.63, 3.8) is 0 Å². The van der Waals surface area contributed by atoms with E-state index >= 15 is 0 Å². The summed E-state index contributed by atoms with van der Waals surface area (Å²) in [5.74, 6) is 0. The first-order valence-electron chi connectivity index (χ1n) is 8.40. The van der Waals surface area contributed by atoms with Crippen LogP contribution >= 0.6 is 0 Å². The lowest BCUT2D eigenvalue weighted by Crippen LogP contribution is -2.17. The molecule has 0 saturated carbocycles. The van der Waals surface area contributed by atoms with E-state index in [0.717, 1.165) is 24.5 Å². The van der Waals surface area contributed by atoms with E-state index in [4.69, 9.17) is 4.74 Å². The van der Waals surface area contributed by atoms with Crippen LogP contribution in [-0.4, -0.2) is 25.8 Å². The number of amides is 1. The molecule has 1 heterocycles. The minimum Gasteiger partial charge on any atom is -0.450 e. The zero-order valence-corrected chi connectivity index (χ0v) is 13.9. The lowest BCUT2D eigenvalue weighted by atomic mass is 10.2. The summed E-state index contributed by atoms with van der Waals surface area (Å²) in [6.07, 6.45) is 2.13. The van der Waals surface area contributed by atoms with E-state index < -0.39 is 6.09 Å². The molecule has 0 aromatic heterocycles. The van der Waals surface area contributed by atoms with Crippen molar-refractivity contribution in [2.45, 2.75) is 19.8 Å². The Bertz CT molecular complexity index is 662. The molecule has 3 rings (SSSR count). The lowest BCUT2D eigenvalue weighted by molar-refractivity contribution is 0.168. The number of carbonyl (C=O) groups is 1. The van der Waals surface area contributed by atoms with Gasteiger partial charge in [-0.15, -0.1) is 0 Å². The van der Waals surface area contributed by atoms with Gasteiger partial charge in [0.2, 0.25) is 0 Å². The first kappa shape index (κ1) is 16.2. The molecular formula is C19H23N3O2. The van der Waals surface area contributed by atoms with Crippen LogP contribution in [0.4, 0.5) is 27.5 Å². The summed E-state index contributed by atoms with van der Waals surface area (Å²) in [6, 6.07) is 16.0. The zero-order valence-electron chi connectivity index (χ0n) is 13.9. The number of nitrogens with zero attached hydrogens (tertiary/aromatic N) is 1. The van der Waals surface area contributed by atoms with Gasteiger partial charge in [-0.3, -0.25) is 5.32 Å². The third kappa shape index (κ3) is 4.19. The van der Waals surface area contributed by atoms with Gasteiger partial charge in [-0.1, -0.05) is 0 Å². The number of hydrogen-bond donors (Lipinski definition) is 2. The van der Waals surface area contributed by atoms with Crippen LogP contribution in [0, 0.1) is 0 Å². The van der Waals surface area contributed by atoms with E-state index in [9.17, 15) is 4.79 Å². The Kier molecular flexibility index (Phi) is 5.21. The highest BCUT2D eigenvalue weighted by atomic mass is 16.5. The van der Waals surface area contributed by atoms with Gasteiger partial charge in [0, 0.05) is 35.8 Å².